The van der Waals surface area contributed by atoms with Crippen LogP contribution in [-0.4, -0.2) is 16.8 Å². The molecule has 1 aromatic heterocycles. The van der Waals surface area contributed by atoms with Crippen molar-refractivity contribution in [2.24, 2.45) is 0 Å². The standard InChI is InChI=1S/C9H13N3/c1-3-4-5-12-8-9(6-10-2)7-11-12/h1,7-8,10H,4-6H2,2H3. The Kier molecular flexibility index (Phi) is 3.36. The van der Waals surface area contributed by atoms with Crippen molar-refractivity contribution < 1.29 is 0 Å². The summed E-state index contributed by atoms with van der Waals surface area (Å²) in [6, 6.07) is 0. The molecule has 3 heteroatoms. The molecule has 0 aliphatic carbocycles. The molecule has 0 spiro atoms. The Morgan fingerprint density at radius 1 is 1.75 bits per heavy atom. The first-order valence-corrected chi connectivity index (χ1v) is 3.96. The van der Waals surface area contributed by atoms with Gasteiger partial charge in [-0.05, 0) is 7.05 Å². The van der Waals surface area contributed by atoms with E-state index in [4.69, 9.17) is 6.42 Å². The van der Waals surface area contributed by atoms with Crippen molar-refractivity contribution in [3.8, 4) is 12.3 Å². The first-order valence-electron chi connectivity index (χ1n) is 3.96. The third kappa shape index (κ3) is 2.40. The molecule has 0 fully saturated rings. The quantitative estimate of drug-likeness (QED) is 0.660. The molecule has 0 atom stereocenters. The lowest BCUT2D eigenvalue weighted by Gasteiger charge is -1.94. The minimum atomic E-state index is 0.737. The van der Waals surface area contributed by atoms with Gasteiger partial charge in [-0.25, -0.2) is 0 Å². The highest BCUT2D eigenvalue weighted by Gasteiger charge is 1.95. The van der Waals surface area contributed by atoms with E-state index in [0.717, 1.165) is 19.5 Å². The van der Waals surface area contributed by atoms with Crippen LogP contribution in [0.2, 0.25) is 0 Å². The number of aryl methyl sites for hydroxylation is 1. The van der Waals surface area contributed by atoms with E-state index in [2.05, 4.69) is 16.3 Å². The molecule has 64 valence electrons. The summed E-state index contributed by atoms with van der Waals surface area (Å²) in [4.78, 5) is 0. The van der Waals surface area contributed by atoms with Gasteiger partial charge in [0.25, 0.3) is 0 Å². The predicted octanol–water partition coefficient (Wildman–Crippen LogP) is 0.626. The van der Waals surface area contributed by atoms with E-state index in [-0.39, 0.29) is 0 Å². The van der Waals surface area contributed by atoms with E-state index < -0.39 is 0 Å². The van der Waals surface area contributed by atoms with E-state index in [0.29, 0.717) is 0 Å². The molecule has 0 saturated heterocycles. The van der Waals surface area contributed by atoms with Gasteiger partial charge in [-0.2, -0.15) is 5.10 Å². The molecular formula is C9H13N3. The van der Waals surface area contributed by atoms with Crippen molar-refractivity contribution in [3.05, 3.63) is 18.0 Å². The predicted molar refractivity (Wildman–Crippen MR) is 48.4 cm³/mol. The average Bonchev–Trinajstić information content (AvgIpc) is 2.50. The van der Waals surface area contributed by atoms with Crippen molar-refractivity contribution in [1.29, 1.82) is 0 Å². The molecular weight excluding hydrogens is 150 g/mol. The molecule has 0 bridgehead atoms. The Balaban J connectivity index is 2.47. The molecule has 0 unspecified atom stereocenters. The number of nitrogens with zero attached hydrogens (tertiary/aromatic N) is 2. The van der Waals surface area contributed by atoms with Crippen LogP contribution in [0.4, 0.5) is 0 Å². The van der Waals surface area contributed by atoms with Gasteiger partial charge in [0, 0.05) is 24.7 Å². The van der Waals surface area contributed by atoms with Gasteiger partial charge >= 0.3 is 0 Å². The molecule has 0 saturated carbocycles. The largest absolute Gasteiger partial charge is 0.316 e. The normalized spacial score (nSPS) is 9.67. The minimum absolute atomic E-state index is 0.737. The first-order chi connectivity index (χ1) is 5.86. The maximum absolute atomic E-state index is 5.14. The Labute approximate surface area is 72.8 Å². The van der Waals surface area contributed by atoms with Crippen LogP contribution in [0.25, 0.3) is 0 Å². The Hall–Kier alpha value is -1.27. The SMILES string of the molecule is C#CCCn1cc(CNC)cn1. The number of aromatic nitrogens is 2. The van der Waals surface area contributed by atoms with Gasteiger partial charge in [0.15, 0.2) is 0 Å². The summed E-state index contributed by atoms with van der Waals surface area (Å²) in [7, 11) is 1.92. The Morgan fingerprint density at radius 2 is 2.58 bits per heavy atom. The molecule has 0 radical (unpaired) electrons. The molecule has 1 N–H and O–H groups in total. The van der Waals surface area contributed by atoms with Crippen molar-refractivity contribution in [2.45, 2.75) is 19.5 Å². The summed E-state index contributed by atoms with van der Waals surface area (Å²) >= 11 is 0. The zero-order valence-electron chi connectivity index (χ0n) is 7.25. The smallest absolute Gasteiger partial charge is 0.0534 e. The molecule has 3 nitrogen and oxygen atoms in total. The Morgan fingerprint density at radius 3 is 3.25 bits per heavy atom. The lowest BCUT2D eigenvalue weighted by molar-refractivity contribution is 0.629. The fourth-order valence-corrected chi connectivity index (χ4v) is 1.00. The number of hydrogen-bond acceptors (Lipinski definition) is 2. The van der Waals surface area contributed by atoms with E-state index >= 15 is 0 Å². The van der Waals surface area contributed by atoms with Crippen LogP contribution in [-0.2, 0) is 13.1 Å². The summed E-state index contributed by atoms with van der Waals surface area (Å²) in [5.41, 5.74) is 1.19. The Bertz CT molecular complexity index is 270. The highest BCUT2D eigenvalue weighted by molar-refractivity contribution is 5.03. The number of hydrogen-bond donors (Lipinski definition) is 1. The second kappa shape index (κ2) is 4.58. The highest BCUT2D eigenvalue weighted by atomic mass is 15.3. The maximum atomic E-state index is 5.14. The lowest BCUT2D eigenvalue weighted by atomic mass is 10.4. The molecule has 0 aliphatic heterocycles. The van der Waals surface area contributed by atoms with Crippen molar-refractivity contribution >= 4 is 0 Å². The second-order valence-corrected chi connectivity index (χ2v) is 2.60. The fraction of sp³-hybridized carbons (Fsp3) is 0.444. The summed E-state index contributed by atoms with van der Waals surface area (Å²) in [6.45, 7) is 1.66. The first kappa shape index (κ1) is 8.82. The molecule has 1 aromatic rings. The third-order valence-corrected chi connectivity index (χ3v) is 1.55. The molecule has 0 aliphatic rings. The summed E-state index contributed by atoms with van der Waals surface area (Å²) in [5.74, 6) is 2.58. The van der Waals surface area contributed by atoms with Crippen LogP contribution in [0.1, 0.15) is 12.0 Å². The zero-order valence-corrected chi connectivity index (χ0v) is 7.25. The molecule has 1 rings (SSSR count). The van der Waals surface area contributed by atoms with Crippen LogP contribution in [0.3, 0.4) is 0 Å². The van der Waals surface area contributed by atoms with Crippen molar-refractivity contribution in [3.63, 3.8) is 0 Å². The molecule has 12 heavy (non-hydrogen) atoms. The van der Waals surface area contributed by atoms with E-state index in [1.807, 2.05) is 24.1 Å². The second-order valence-electron chi connectivity index (χ2n) is 2.60. The van der Waals surface area contributed by atoms with Crippen molar-refractivity contribution in [1.82, 2.24) is 15.1 Å². The summed E-state index contributed by atoms with van der Waals surface area (Å²) in [6.07, 6.45) is 9.74. The lowest BCUT2D eigenvalue weighted by Crippen LogP contribution is -2.04. The average molecular weight is 163 g/mol. The molecule has 0 amide bonds. The van der Waals surface area contributed by atoms with Crippen LogP contribution in [0, 0.1) is 12.3 Å². The van der Waals surface area contributed by atoms with Crippen LogP contribution >= 0.6 is 0 Å². The van der Waals surface area contributed by atoms with Gasteiger partial charge in [0.1, 0.15) is 0 Å². The van der Waals surface area contributed by atoms with Crippen LogP contribution in [0.5, 0.6) is 0 Å². The highest BCUT2D eigenvalue weighted by Crippen LogP contribution is 1.97. The molecule has 0 aromatic carbocycles. The van der Waals surface area contributed by atoms with E-state index in [1.165, 1.54) is 5.56 Å². The van der Waals surface area contributed by atoms with Gasteiger partial charge in [-0.1, -0.05) is 0 Å². The molecule has 1 heterocycles. The monoisotopic (exact) mass is 163 g/mol. The van der Waals surface area contributed by atoms with Gasteiger partial charge in [0.05, 0.1) is 12.7 Å². The summed E-state index contributed by atoms with van der Waals surface area (Å²) in [5, 5.41) is 7.21. The summed E-state index contributed by atoms with van der Waals surface area (Å²) < 4.78 is 1.87. The van der Waals surface area contributed by atoms with Gasteiger partial charge in [-0.15, -0.1) is 12.3 Å². The number of nitrogens with one attached hydrogen (secondary N) is 1. The van der Waals surface area contributed by atoms with Gasteiger partial charge in [-0.3, -0.25) is 4.68 Å². The topological polar surface area (TPSA) is 29.9 Å². The maximum Gasteiger partial charge on any atom is 0.0534 e. The fourth-order valence-electron chi connectivity index (χ4n) is 1.00. The minimum Gasteiger partial charge on any atom is -0.316 e. The van der Waals surface area contributed by atoms with Gasteiger partial charge < -0.3 is 5.32 Å². The van der Waals surface area contributed by atoms with E-state index in [1.54, 1.807) is 0 Å². The van der Waals surface area contributed by atoms with E-state index in [9.17, 15) is 0 Å². The van der Waals surface area contributed by atoms with Crippen molar-refractivity contribution in [2.75, 3.05) is 7.05 Å². The van der Waals surface area contributed by atoms with Crippen LogP contribution < -0.4 is 5.32 Å². The third-order valence-electron chi connectivity index (χ3n) is 1.55. The van der Waals surface area contributed by atoms with Crippen LogP contribution in [0.15, 0.2) is 12.4 Å². The zero-order chi connectivity index (χ0) is 8.81. The van der Waals surface area contributed by atoms with Gasteiger partial charge in [0.2, 0.25) is 0 Å². The number of rotatable bonds is 4. The number of terminal acetylenes is 1.